The summed E-state index contributed by atoms with van der Waals surface area (Å²) >= 11 is 7.75. The van der Waals surface area contributed by atoms with Crippen LogP contribution < -0.4 is 4.90 Å². The topological polar surface area (TPSA) is 87.2 Å². The van der Waals surface area contributed by atoms with E-state index in [1.807, 2.05) is 6.92 Å². The van der Waals surface area contributed by atoms with Crippen molar-refractivity contribution in [2.24, 2.45) is 11.8 Å². The lowest BCUT2D eigenvalue weighted by atomic mass is 9.66. The maximum absolute atomic E-state index is 14.4. The Morgan fingerprint density at radius 1 is 1.24 bits per heavy atom. The summed E-state index contributed by atoms with van der Waals surface area (Å²) in [6.45, 7) is 8.80. The van der Waals surface area contributed by atoms with E-state index in [9.17, 15) is 14.4 Å². The van der Waals surface area contributed by atoms with Crippen molar-refractivity contribution in [3.63, 3.8) is 0 Å². The van der Waals surface area contributed by atoms with E-state index in [-0.39, 0.29) is 31.0 Å². The lowest BCUT2D eigenvalue weighted by molar-refractivity contribution is -0.155. The summed E-state index contributed by atoms with van der Waals surface area (Å²) in [7, 11) is 0. The predicted molar refractivity (Wildman–Crippen MR) is 147 cm³/mol. The molecule has 2 amide bonds. The summed E-state index contributed by atoms with van der Waals surface area (Å²) in [5.74, 6) is -1.78. The zero-order valence-electron chi connectivity index (χ0n) is 21.7. The van der Waals surface area contributed by atoms with Crippen LogP contribution in [0.1, 0.15) is 52.4 Å². The number of carbonyl (C=O) groups is 3. The van der Waals surface area contributed by atoms with Crippen molar-refractivity contribution < 1.29 is 24.2 Å². The molecule has 2 bridgehead atoms. The Morgan fingerprint density at radius 3 is 2.59 bits per heavy atom. The molecule has 9 heteroatoms. The van der Waals surface area contributed by atoms with Crippen LogP contribution in [0.15, 0.2) is 36.9 Å². The van der Waals surface area contributed by atoms with E-state index in [1.54, 1.807) is 58.8 Å². The number of fused-ring (bicyclic) bond motifs is 1. The van der Waals surface area contributed by atoms with Gasteiger partial charge in [0.1, 0.15) is 6.04 Å². The standard InChI is InChI=1S/C28H37ClN2O5S/c1-4-16-30(20-12-10-19(29)11-13-20)25(34)23-28-15-14-27(3,37-28)22(26(35)36-5-2)21(28)24(33)31(23)17-8-6-7-9-18-32/h4,10-13,21-23,32H,1,5-9,14-18H2,2-3H3/t21-,22+,23?,27-,28?/m0/s1. The number of esters is 1. The van der Waals surface area contributed by atoms with Gasteiger partial charge in [0, 0.05) is 35.2 Å². The normalized spacial score (nSPS) is 29.9. The Labute approximate surface area is 228 Å². The molecule has 1 aromatic rings. The van der Waals surface area contributed by atoms with Crippen LogP contribution in [0.5, 0.6) is 0 Å². The fourth-order valence-corrected chi connectivity index (χ4v) is 8.97. The number of halogens is 1. The molecule has 2 unspecified atom stereocenters. The Kier molecular flexibility index (Phi) is 8.61. The Morgan fingerprint density at radius 2 is 1.95 bits per heavy atom. The molecule has 1 aromatic carbocycles. The molecule has 202 valence electrons. The van der Waals surface area contributed by atoms with Crippen LogP contribution >= 0.6 is 23.4 Å². The predicted octanol–water partition coefficient (Wildman–Crippen LogP) is 4.46. The average molecular weight is 549 g/mol. The molecule has 0 saturated carbocycles. The summed E-state index contributed by atoms with van der Waals surface area (Å²) in [6, 6.07) is 6.40. The second-order valence-corrected chi connectivity index (χ2v) is 12.7. The van der Waals surface area contributed by atoms with Crippen molar-refractivity contribution in [3.05, 3.63) is 41.9 Å². The van der Waals surface area contributed by atoms with Crippen LogP contribution in [0.2, 0.25) is 5.02 Å². The molecular formula is C28H37ClN2O5S. The zero-order chi connectivity index (χ0) is 26.8. The first kappa shape index (κ1) is 28.0. The molecule has 4 rings (SSSR count). The van der Waals surface area contributed by atoms with Crippen molar-refractivity contribution in [3.8, 4) is 0 Å². The van der Waals surface area contributed by atoms with Crippen LogP contribution in [-0.2, 0) is 19.1 Å². The number of carbonyl (C=O) groups excluding carboxylic acids is 3. The highest BCUT2D eigenvalue weighted by Crippen LogP contribution is 2.71. The van der Waals surface area contributed by atoms with E-state index in [2.05, 4.69) is 6.58 Å². The number of aliphatic hydroxyl groups is 1. The molecule has 1 N–H and O–H groups in total. The second kappa shape index (κ2) is 11.4. The molecule has 3 aliphatic rings. The van der Waals surface area contributed by atoms with Crippen LogP contribution in [0.25, 0.3) is 0 Å². The third kappa shape index (κ3) is 4.92. The summed E-state index contributed by atoms with van der Waals surface area (Å²) in [4.78, 5) is 45.1. The maximum Gasteiger partial charge on any atom is 0.311 e. The van der Waals surface area contributed by atoms with E-state index in [1.165, 1.54) is 0 Å². The molecule has 7 nitrogen and oxygen atoms in total. The van der Waals surface area contributed by atoms with Gasteiger partial charge in [0.2, 0.25) is 5.91 Å². The molecule has 0 aromatic heterocycles. The second-order valence-electron chi connectivity index (χ2n) is 10.4. The third-order valence-electron chi connectivity index (χ3n) is 8.07. The van der Waals surface area contributed by atoms with Gasteiger partial charge in [-0.1, -0.05) is 30.5 Å². The van der Waals surface area contributed by atoms with Crippen molar-refractivity contribution in [1.29, 1.82) is 0 Å². The van der Waals surface area contributed by atoms with E-state index in [0.29, 0.717) is 36.6 Å². The number of likely N-dealkylation sites (tertiary alicyclic amines) is 1. The first-order valence-electron chi connectivity index (χ1n) is 13.2. The number of rotatable bonds is 12. The van der Waals surface area contributed by atoms with Crippen LogP contribution in [-0.4, -0.2) is 69.6 Å². The fourth-order valence-electron chi connectivity index (χ4n) is 6.50. The van der Waals surface area contributed by atoms with Crippen LogP contribution in [0.3, 0.4) is 0 Å². The van der Waals surface area contributed by atoms with Gasteiger partial charge in [0.25, 0.3) is 5.91 Å². The lowest BCUT2D eigenvalue weighted by Crippen LogP contribution is -2.55. The van der Waals surface area contributed by atoms with Crippen molar-refractivity contribution in [2.45, 2.75) is 67.9 Å². The summed E-state index contributed by atoms with van der Waals surface area (Å²) in [5, 5.41) is 9.70. The van der Waals surface area contributed by atoms with Crippen LogP contribution in [0, 0.1) is 11.8 Å². The maximum atomic E-state index is 14.4. The van der Waals surface area contributed by atoms with Gasteiger partial charge in [0.15, 0.2) is 0 Å². The summed E-state index contributed by atoms with van der Waals surface area (Å²) in [6.07, 6.45) is 6.28. The molecule has 37 heavy (non-hydrogen) atoms. The van der Waals surface area contributed by atoms with Crippen molar-refractivity contribution >= 4 is 46.8 Å². The van der Waals surface area contributed by atoms with E-state index >= 15 is 0 Å². The first-order valence-corrected chi connectivity index (χ1v) is 14.4. The molecule has 3 saturated heterocycles. The van der Waals surface area contributed by atoms with Crippen molar-refractivity contribution in [1.82, 2.24) is 4.90 Å². The molecule has 0 aliphatic carbocycles. The minimum atomic E-state index is -0.690. The molecule has 0 radical (unpaired) electrons. The van der Waals surface area contributed by atoms with Gasteiger partial charge < -0.3 is 19.6 Å². The number of aliphatic hydroxyl groups excluding tert-OH is 1. The molecule has 3 heterocycles. The number of thioether (sulfide) groups is 1. The van der Waals surface area contributed by atoms with Gasteiger partial charge in [-0.3, -0.25) is 14.4 Å². The highest BCUT2D eigenvalue weighted by molar-refractivity contribution is 8.02. The monoisotopic (exact) mass is 548 g/mol. The highest BCUT2D eigenvalue weighted by atomic mass is 35.5. The largest absolute Gasteiger partial charge is 0.466 e. The molecule has 5 atom stereocenters. The number of hydrogen-bond donors (Lipinski definition) is 1. The minimum absolute atomic E-state index is 0.121. The number of unbranched alkanes of at least 4 members (excludes halogenated alkanes) is 3. The van der Waals surface area contributed by atoms with Gasteiger partial charge in [-0.05, 0) is 63.8 Å². The Bertz CT molecular complexity index is 1040. The first-order chi connectivity index (χ1) is 17.7. The Hall–Kier alpha value is -2.03. The van der Waals surface area contributed by atoms with Gasteiger partial charge in [-0.2, -0.15) is 0 Å². The SMILES string of the molecule is C=CCN(C(=O)C1N(CCCCCCO)C(=O)[C@@H]2[C@H](C(=O)OCC)[C@]3(C)CCC12S3)c1ccc(Cl)cc1. The van der Waals surface area contributed by atoms with Gasteiger partial charge in [0.05, 0.1) is 23.2 Å². The zero-order valence-corrected chi connectivity index (χ0v) is 23.2. The van der Waals surface area contributed by atoms with Gasteiger partial charge in [-0.15, -0.1) is 18.3 Å². The molecule has 3 aliphatic heterocycles. The molecule has 3 fully saturated rings. The van der Waals surface area contributed by atoms with Gasteiger partial charge >= 0.3 is 5.97 Å². The van der Waals surface area contributed by atoms with Crippen molar-refractivity contribution in [2.75, 3.05) is 31.2 Å². The smallest absolute Gasteiger partial charge is 0.311 e. The molecular weight excluding hydrogens is 512 g/mol. The molecule has 1 spiro atoms. The van der Waals surface area contributed by atoms with E-state index in [4.69, 9.17) is 21.4 Å². The highest BCUT2D eigenvalue weighted by Gasteiger charge is 2.77. The number of amides is 2. The number of ether oxygens (including phenoxy) is 1. The number of nitrogens with zero attached hydrogens (tertiary/aromatic N) is 2. The quantitative estimate of drug-likeness (QED) is 0.236. The average Bonchev–Trinajstić information content (AvgIpc) is 3.43. The van der Waals surface area contributed by atoms with Crippen LogP contribution in [0.4, 0.5) is 5.69 Å². The summed E-state index contributed by atoms with van der Waals surface area (Å²) in [5.41, 5.74) is 0.690. The number of benzene rings is 1. The lowest BCUT2D eigenvalue weighted by Gasteiger charge is -2.37. The third-order valence-corrected chi connectivity index (χ3v) is 10.3. The fraction of sp³-hybridized carbons (Fsp3) is 0.607. The van der Waals surface area contributed by atoms with Gasteiger partial charge in [-0.25, -0.2) is 0 Å². The Balaban J connectivity index is 1.72. The number of hydrogen-bond acceptors (Lipinski definition) is 6. The summed E-state index contributed by atoms with van der Waals surface area (Å²) < 4.78 is 4.33. The minimum Gasteiger partial charge on any atom is -0.466 e. The number of anilines is 1. The van der Waals surface area contributed by atoms with E-state index in [0.717, 1.165) is 25.7 Å². The van der Waals surface area contributed by atoms with E-state index < -0.39 is 27.4 Å².